The maximum atomic E-state index is 12.7. The minimum atomic E-state index is -0.169. The van der Waals surface area contributed by atoms with Crippen molar-refractivity contribution in [2.75, 3.05) is 7.05 Å². The summed E-state index contributed by atoms with van der Waals surface area (Å²) >= 11 is 0. The summed E-state index contributed by atoms with van der Waals surface area (Å²) in [5, 5.41) is 3.27. The minimum absolute atomic E-state index is 0.169. The summed E-state index contributed by atoms with van der Waals surface area (Å²) in [4.78, 5) is 0. The Hall–Kier alpha value is -0.890. The van der Waals surface area contributed by atoms with Crippen LogP contribution >= 0.6 is 0 Å². The second kappa shape index (κ2) is 5.86. The monoisotopic (exact) mass is 209 g/mol. The van der Waals surface area contributed by atoms with Crippen molar-refractivity contribution in [1.82, 2.24) is 5.32 Å². The number of halogens is 1. The van der Waals surface area contributed by atoms with Crippen molar-refractivity contribution in [3.63, 3.8) is 0 Å². The molecule has 1 aromatic carbocycles. The van der Waals surface area contributed by atoms with Crippen LogP contribution in [0.3, 0.4) is 0 Å². The molecular weight excluding hydrogens is 189 g/mol. The lowest BCUT2D eigenvalue weighted by molar-refractivity contribution is 0.464. The zero-order valence-electron chi connectivity index (χ0n) is 9.76. The Morgan fingerprint density at radius 3 is 2.20 bits per heavy atom. The van der Waals surface area contributed by atoms with Crippen LogP contribution in [0.2, 0.25) is 0 Å². The highest BCUT2D eigenvalue weighted by Gasteiger charge is 2.09. The normalized spacial score (nSPS) is 13.1. The Morgan fingerprint density at radius 1 is 1.13 bits per heavy atom. The SMILES string of the molecule is CNC(CCC(C)C)c1ccc(F)cc1. The first-order valence-electron chi connectivity index (χ1n) is 5.56. The summed E-state index contributed by atoms with van der Waals surface area (Å²) < 4.78 is 12.7. The molecule has 0 aliphatic carbocycles. The molecule has 0 aromatic heterocycles. The Balaban J connectivity index is 2.61. The van der Waals surface area contributed by atoms with Crippen LogP contribution in [-0.4, -0.2) is 7.05 Å². The highest BCUT2D eigenvalue weighted by atomic mass is 19.1. The van der Waals surface area contributed by atoms with E-state index in [4.69, 9.17) is 0 Å². The van der Waals surface area contributed by atoms with Gasteiger partial charge in [0.15, 0.2) is 0 Å². The zero-order chi connectivity index (χ0) is 11.3. The molecule has 0 saturated carbocycles. The molecule has 15 heavy (non-hydrogen) atoms. The number of hydrogen-bond acceptors (Lipinski definition) is 1. The highest BCUT2D eigenvalue weighted by Crippen LogP contribution is 2.20. The smallest absolute Gasteiger partial charge is 0.123 e. The minimum Gasteiger partial charge on any atom is -0.313 e. The Bertz CT molecular complexity index is 279. The summed E-state index contributed by atoms with van der Waals surface area (Å²) in [6.07, 6.45) is 2.28. The van der Waals surface area contributed by atoms with Gasteiger partial charge < -0.3 is 5.32 Å². The maximum Gasteiger partial charge on any atom is 0.123 e. The molecule has 0 heterocycles. The molecule has 84 valence electrons. The van der Waals surface area contributed by atoms with Gasteiger partial charge in [0.05, 0.1) is 0 Å². The molecule has 1 nitrogen and oxygen atoms in total. The molecule has 1 aromatic rings. The Kier molecular flexibility index (Phi) is 4.76. The number of hydrogen-bond donors (Lipinski definition) is 1. The van der Waals surface area contributed by atoms with Crippen molar-refractivity contribution >= 4 is 0 Å². The molecule has 0 bridgehead atoms. The third-order valence-corrected chi connectivity index (χ3v) is 2.65. The first-order valence-corrected chi connectivity index (χ1v) is 5.56. The van der Waals surface area contributed by atoms with Gasteiger partial charge >= 0.3 is 0 Å². The second-order valence-corrected chi connectivity index (χ2v) is 4.36. The fraction of sp³-hybridized carbons (Fsp3) is 0.538. The van der Waals surface area contributed by atoms with Crippen LogP contribution in [0.4, 0.5) is 4.39 Å². The van der Waals surface area contributed by atoms with Crippen molar-refractivity contribution in [2.45, 2.75) is 32.7 Å². The van der Waals surface area contributed by atoms with E-state index < -0.39 is 0 Å². The first-order chi connectivity index (χ1) is 7.13. The van der Waals surface area contributed by atoms with E-state index in [1.54, 1.807) is 0 Å². The molecule has 1 unspecified atom stereocenters. The quantitative estimate of drug-likeness (QED) is 0.782. The van der Waals surface area contributed by atoms with Crippen molar-refractivity contribution in [3.8, 4) is 0 Å². The van der Waals surface area contributed by atoms with Crippen LogP contribution in [0, 0.1) is 11.7 Å². The molecule has 1 N–H and O–H groups in total. The predicted molar refractivity (Wildman–Crippen MR) is 62.3 cm³/mol. The van der Waals surface area contributed by atoms with Gasteiger partial charge in [-0.15, -0.1) is 0 Å². The maximum absolute atomic E-state index is 12.7. The van der Waals surface area contributed by atoms with E-state index in [0.717, 1.165) is 6.42 Å². The Morgan fingerprint density at radius 2 is 1.73 bits per heavy atom. The van der Waals surface area contributed by atoms with Crippen LogP contribution in [-0.2, 0) is 0 Å². The lowest BCUT2D eigenvalue weighted by Gasteiger charge is -2.17. The first kappa shape index (κ1) is 12.2. The van der Waals surface area contributed by atoms with Crippen LogP contribution < -0.4 is 5.32 Å². The molecule has 0 aliphatic heterocycles. The molecule has 0 saturated heterocycles. The van der Waals surface area contributed by atoms with E-state index >= 15 is 0 Å². The molecule has 0 amide bonds. The fourth-order valence-corrected chi connectivity index (χ4v) is 1.67. The molecule has 0 radical (unpaired) electrons. The van der Waals surface area contributed by atoms with Gasteiger partial charge in [0, 0.05) is 6.04 Å². The predicted octanol–water partition coefficient (Wildman–Crippen LogP) is 3.52. The summed E-state index contributed by atoms with van der Waals surface area (Å²) in [5.41, 5.74) is 1.17. The Labute approximate surface area is 91.7 Å². The van der Waals surface area contributed by atoms with Gasteiger partial charge in [-0.05, 0) is 43.5 Å². The highest BCUT2D eigenvalue weighted by molar-refractivity contribution is 5.19. The topological polar surface area (TPSA) is 12.0 Å². The standard InChI is InChI=1S/C13H20FN/c1-10(2)4-9-13(15-3)11-5-7-12(14)8-6-11/h5-8,10,13,15H,4,9H2,1-3H3. The van der Waals surface area contributed by atoms with E-state index in [-0.39, 0.29) is 5.82 Å². The third kappa shape index (κ3) is 4.00. The van der Waals surface area contributed by atoms with Gasteiger partial charge in [0.25, 0.3) is 0 Å². The average Bonchev–Trinajstić information content (AvgIpc) is 2.21. The molecule has 0 fully saturated rings. The van der Waals surface area contributed by atoms with E-state index in [1.807, 2.05) is 19.2 Å². The van der Waals surface area contributed by atoms with Crippen molar-refractivity contribution < 1.29 is 4.39 Å². The van der Waals surface area contributed by atoms with Crippen LogP contribution in [0.1, 0.15) is 38.3 Å². The summed E-state index contributed by atoms with van der Waals surface area (Å²) in [5.74, 6) is 0.541. The number of nitrogens with one attached hydrogen (secondary N) is 1. The molecule has 1 rings (SSSR count). The fourth-order valence-electron chi connectivity index (χ4n) is 1.67. The average molecular weight is 209 g/mol. The van der Waals surface area contributed by atoms with E-state index in [0.29, 0.717) is 12.0 Å². The molecule has 0 aliphatic rings. The summed E-state index contributed by atoms with van der Waals surface area (Å²) in [6.45, 7) is 4.44. The van der Waals surface area contributed by atoms with Crippen molar-refractivity contribution in [2.24, 2.45) is 5.92 Å². The third-order valence-electron chi connectivity index (χ3n) is 2.65. The van der Waals surface area contributed by atoms with Gasteiger partial charge in [-0.2, -0.15) is 0 Å². The molecule has 1 atom stereocenters. The lowest BCUT2D eigenvalue weighted by Crippen LogP contribution is -2.16. The number of rotatable bonds is 5. The summed E-state index contributed by atoms with van der Waals surface area (Å²) in [6, 6.07) is 7.10. The van der Waals surface area contributed by atoms with Crippen LogP contribution in [0.25, 0.3) is 0 Å². The van der Waals surface area contributed by atoms with E-state index in [2.05, 4.69) is 19.2 Å². The van der Waals surface area contributed by atoms with Gasteiger partial charge in [0.2, 0.25) is 0 Å². The van der Waals surface area contributed by atoms with Gasteiger partial charge in [0.1, 0.15) is 5.82 Å². The van der Waals surface area contributed by atoms with Gasteiger partial charge in [-0.25, -0.2) is 4.39 Å². The van der Waals surface area contributed by atoms with E-state index in [1.165, 1.54) is 24.1 Å². The molecular formula is C13H20FN. The van der Waals surface area contributed by atoms with Gasteiger partial charge in [-0.1, -0.05) is 26.0 Å². The van der Waals surface area contributed by atoms with Crippen molar-refractivity contribution in [1.29, 1.82) is 0 Å². The number of benzene rings is 1. The van der Waals surface area contributed by atoms with Crippen LogP contribution in [0.5, 0.6) is 0 Å². The van der Waals surface area contributed by atoms with Crippen molar-refractivity contribution in [3.05, 3.63) is 35.6 Å². The zero-order valence-corrected chi connectivity index (χ0v) is 9.76. The molecule has 2 heteroatoms. The van der Waals surface area contributed by atoms with Gasteiger partial charge in [-0.3, -0.25) is 0 Å². The molecule has 0 spiro atoms. The largest absolute Gasteiger partial charge is 0.313 e. The second-order valence-electron chi connectivity index (χ2n) is 4.36. The van der Waals surface area contributed by atoms with Crippen LogP contribution in [0.15, 0.2) is 24.3 Å². The lowest BCUT2D eigenvalue weighted by atomic mass is 9.98. The van der Waals surface area contributed by atoms with E-state index in [9.17, 15) is 4.39 Å². The summed E-state index contributed by atoms with van der Waals surface area (Å²) in [7, 11) is 1.95.